The molecule has 1 aliphatic heterocycles. The van der Waals surface area contributed by atoms with Crippen molar-refractivity contribution in [1.29, 1.82) is 0 Å². The molecule has 0 bridgehead atoms. The predicted octanol–water partition coefficient (Wildman–Crippen LogP) is 3.23. The second-order valence-electron chi connectivity index (χ2n) is 9.86. The van der Waals surface area contributed by atoms with Crippen LogP contribution in [0.1, 0.15) is 23.2 Å². The third kappa shape index (κ3) is 6.07. The Morgan fingerprint density at radius 3 is 2.85 bits per heavy atom. The van der Waals surface area contributed by atoms with Gasteiger partial charge in [-0.1, -0.05) is 11.6 Å². The van der Waals surface area contributed by atoms with Gasteiger partial charge in [-0.3, -0.25) is 14.3 Å². The van der Waals surface area contributed by atoms with Crippen LogP contribution in [0.15, 0.2) is 42.9 Å². The third-order valence-corrected chi connectivity index (χ3v) is 6.88. The van der Waals surface area contributed by atoms with Gasteiger partial charge in [-0.2, -0.15) is 13.9 Å². The lowest BCUT2D eigenvalue weighted by Gasteiger charge is -2.27. The van der Waals surface area contributed by atoms with E-state index in [9.17, 15) is 18.4 Å². The van der Waals surface area contributed by atoms with E-state index in [4.69, 9.17) is 22.1 Å². The van der Waals surface area contributed by atoms with Gasteiger partial charge < -0.3 is 25.6 Å². The number of halogens is 3. The SMILES string of the molecule is CN(C)CC1CCCN1C(=O)Cn1cc(NC(=O)c2c(N)nn3cccnc23)c(-c2cc(Cl)ccc2OC(F)F)n1. The van der Waals surface area contributed by atoms with Gasteiger partial charge in [0.25, 0.3) is 5.91 Å². The number of carbonyl (C=O) groups excluding carboxylic acids is 2. The number of nitrogens with zero attached hydrogens (tertiary/aromatic N) is 7. The molecule has 1 atom stereocenters. The molecule has 2 amide bonds. The molecule has 0 radical (unpaired) electrons. The first kappa shape index (κ1) is 28.2. The van der Waals surface area contributed by atoms with Gasteiger partial charge in [0.1, 0.15) is 23.6 Å². The minimum atomic E-state index is -3.12. The molecule has 1 fully saturated rings. The molecule has 0 spiro atoms. The lowest BCUT2D eigenvalue weighted by atomic mass is 10.1. The average molecular weight is 588 g/mol. The van der Waals surface area contributed by atoms with Gasteiger partial charge in [-0.05, 0) is 51.2 Å². The number of ether oxygens (including phenoxy) is 1. The number of carbonyl (C=O) groups is 2. The summed E-state index contributed by atoms with van der Waals surface area (Å²) in [6.07, 6.45) is 6.31. The van der Waals surface area contributed by atoms with E-state index in [1.807, 2.05) is 23.9 Å². The van der Waals surface area contributed by atoms with Crippen LogP contribution >= 0.6 is 11.6 Å². The van der Waals surface area contributed by atoms with E-state index in [1.165, 1.54) is 39.8 Å². The van der Waals surface area contributed by atoms with Gasteiger partial charge >= 0.3 is 6.61 Å². The number of anilines is 2. The van der Waals surface area contributed by atoms with Gasteiger partial charge in [-0.15, -0.1) is 5.10 Å². The van der Waals surface area contributed by atoms with Crippen molar-refractivity contribution in [3.8, 4) is 17.0 Å². The summed E-state index contributed by atoms with van der Waals surface area (Å²) in [7, 11) is 3.90. The molecular formula is C26H28ClF2N9O3. The smallest absolute Gasteiger partial charge is 0.387 e. The van der Waals surface area contributed by atoms with E-state index in [-0.39, 0.29) is 63.2 Å². The van der Waals surface area contributed by atoms with E-state index in [2.05, 4.69) is 20.5 Å². The molecule has 5 rings (SSSR count). The second-order valence-corrected chi connectivity index (χ2v) is 10.3. The lowest BCUT2D eigenvalue weighted by molar-refractivity contribution is -0.133. The molecule has 3 aromatic heterocycles. The molecule has 4 heterocycles. The summed E-state index contributed by atoms with van der Waals surface area (Å²) < 4.78 is 33.9. The fraction of sp³-hybridized carbons (Fsp3) is 0.346. The summed E-state index contributed by atoms with van der Waals surface area (Å²) in [6, 6.07) is 5.76. The highest BCUT2D eigenvalue weighted by Crippen LogP contribution is 2.37. The van der Waals surface area contributed by atoms with Crippen molar-refractivity contribution in [2.24, 2.45) is 0 Å². The van der Waals surface area contributed by atoms with Crippen LogP contribution in [-0.4, -0.2) is 85.8 Å². The van der Waals surface area contributed by atoms with Gasteiger partial charge in [0, 0.05) is 48.3 Å². The minimum Gasteiger partial charge on any atom is -0.434 e. The molecular weight excluding hydrogens is 560 g/mol. The average Bonchev–Trinajstić information content (AvgIpc) is 3.60. The van der Waals surface area contributed by atoms with Crippen molar-refractivity contribution in [2.45, 2.75) is 32.0 Å². The van der Waals surface area contributed by atoms with Crippen molar-refractivity contribution >= 4 is 40.6 Å². The van der Waals surface area contributed by atoms with Crippen LogP contribution in [0.3, 0.4) is 0 Å². The number of likely N-dealkylation sites (N-methyl/N-ethyl adjacent to an activating group) is 1. The molecule has 1 aromatic carbocycles. The van der Waals surface area contributed by atoms with Crippen LogP contribution in [0.25, 0.3) is 16.9 Å². The van der Waals surface area contributed by atoms with Gasteiger partial charge in [0.15, 0.2) is 11.5 Å². The number of nitrogen functional groups attached to an aromatic ring is 1. The zero-order chi connectivity index (χ0) is 29.3. The third-order valence-electron chi connectivity index (χ3n) is 6.64. The van der Waals surface area contributed by atoms with Gasteiger partial charge in [0.2, 0.25) is 5.91 Å². The summed E-state index contributed by atoms with van der Waals surface area (Å²) in [6.45, 7) is -1.91. The number of hydrogen-bond donors (Lipinski definition) is 2. The Morgan fingerprint density at radius 1 is 1.29 bits per heavy atom. The summed E-state index contributed by atoms with van der Waals surface area (Å²) in [5.41, 5.74) is 6.53. The number of aromatic nitrogens is 5. The standard InChI is InChI=1S/C26H28ClF2N9O3/c1-35(2)12-16-5-3-9-37(16)20(39)14-36-13-18(22(33-36)17-11-15(27)6-7-19(17)41-26(28)29)32-25(40)21-23(30)34-38-10-4-8-31-24(21)38/h4,6-8,10-11,13,16,26H,3,5,9,12,14H2,1-2H3,(H2,30,34)(H,32,40). The lowest BCUT2D eigenvalue weighted by Crippen LogP contribution is -2.42. The summed E-state index contributed by atoms with van der Waals surface area (Å²) >= 11 is 6.20. The Balaban J connectivity index is 1.52. The number of nitrogens with two attached hydrogens (primary N) is 1. The van der Waals surface area contributed by atoms with Crippen LogP contribution < -0.4 is 15.8 Å². The molecule has 0 aliphatic carbocycles. The Morgan fingerprint density at radius 2 is 2.10 bits per heavy atom. The number of amides is 2. The molecule has 12 nitrogen and oxygen atoms in total. The van der Waals surface area contributed by atoms with E-state index in [1.54, 1.807) is 12.3 Å². The molecule has 15 heteroatoms. The monoisotopic (exact) mass is 587 g/mol. The topological polar surface area (TPSA) is 136 Å². The van der Waals surface area contributed by atoms with Gasteiger partial charge in [-0.25, -0.2) is 9.50 Å². The molecule has 1 aliphatic rings. The van der Waals surface area contributed by atoms with Crippen LogP contribution in [0.4, 0.5) is 20.3 Å². The van der Waals surface area contributed by atoms with Crippen molar-refractivity contribution in [3.05, 3.63) is 53.4 Å². The molecule has 0 saturated carbocycles. The maximum atomic E-state index is 13.4. The molecule has 4 aromatic rings. The fourth-order valence-corrected chi connectivity index (χ4v) is 5.16. The zero-order valence-electron chi connectivity index (χ0n) is 22.3. The maximum absolute atomic E-state index is 13.4. The molecule has 41 heavy (non-hydrogen) atoms. The number of nitrogens with one attached hydrogen (secondary N) is 1. The van der Waals surface area contributed by atoms with Crippen LogP contribution in [0, 0.1) is 0 Å². The van der Waals surface area contributed by atoms with Gasteiger partial charge in [0.05, 0.1) is 5.69 Å². The Kier molecular flexibility index (Phi) is 8.03. The fourth-order valence-electron chi connectivity index (χ4n) is 4.99. The molecule has 1 saturated heterocycles. The van der Waals surface area contributed by atoms with Crippen LogP contribution in [0.5, 0.6) is 5.75 Å². The van der Waals surface area contributed by atoms with Crippen molar-refractivity contribution in [3.63, 3.8) is 0 Å². The normalized spacial score (nSPS) is 15.3. The summed E-state index contributed by atoms with van der Waals surface area (Å²) in [5, 5.41) is 11.6. The minimum absolute atomic E-state index is 0.0131. The summed E-state index contributed by atoms with van der Waals surface area (Å²) in [5.74, 6) is -1.09. The summed E-state index contributed by atoms with van der Waals surface area (Å²) in [4.78, 5) is 34.8. The van der Waals surface area contributed by atoms with Crippen molar-refractivity contribution in [2.75, 3.05) is 38.2 Å². The highest BCUT2D eigenvalue weighted by Gasteiger charge is 2.30. The number of rotatable bonds is 9. The van der Waals surface area contributed by atoms with Crippen LogP contribution in [0.2, 0.25) is 5.02 Å². The number of hydrogen-bond acceptors (Lipinski definition) is 8. The number of fused-ring (bicyclic) bond motifs is 1. The first-order valence-electron chi connectivity index (χ1n) is 12.8. The van der Waals surface area contributed by atoms with Crippen molar-refractivity contribution < 1.29 is 23.1 Å². The molecule has 1 unspecified atom stereocenters. The quantitative estimate of drug-likeness (QED) is 0.305. The largest absolute Gasteiger partial charge is 0.434 e. The highest BCUT2D eigenvalue weighted by molar-refractivity contribution is 6.31. The second kappa shape index (κ2) is 11.7. The van der Waals surface area contributed by atoms with E-state index < -0.39 is 12.5 Å². The molecule has 3 N–H and O–H groups in total. The Labute approximate surface area is 238 Å². The van der Waals surface area contributed by atoms with E-state index in [0.717, 1.165) is 19.4 Å². The number of alkyl halides is 2. The predicted molar refractivity (Wildman–Crippen MR) is 148 cm³/mol. The van der Waals surface area contributed by atoms with E-state index >= 15 is 0 Å². The maximum Gasteiger partial charge on any atom is 0.387 e. The molecule has 216 valence electrons. The first-order valence-corrected chi connectivity index (χ1v) is 13.1. The number of benzene rings is 1. The zero-order valence-corrected chi connectivity index (χ0v) is 23.1. The Bertz CT molecular complexity index is 1590. The first-order chi connectivity index (χ1) is 19.6. The van der Waals surface area contributed by atoms with E-state index in [0.29, 0.717) is 6.54 Å². The van der Waals surface area contributed by atoms with Crippen molar-refractivity contribution in [1.82, 2.24) is 34.2 Å². The Hall–Kier alpha value is -4.30. The van der Waals surface area contributed by atoms with Crippen LogP contribution in [-0.2, 0) is 11.3 Å². The number of likely N-dealkylation sites (tertiary alicyclic amines) is 1. The highest BCUT2D eigenvalue weighted by atomic mass is 35.5.